The number of hydrogen-bond acceptors (Lipinski definition) is 2. The Bertz CT molecular complexity index is 385. The van der Waals surface area contributed by atoms with Crippen molar-refractivity contribution >= 4 is 5.97 Å². The van der Waals surface area contributed by atoms with Crippen LogP contribution in [0.25, 0.3) is 0 Å². The zero-order valence-electron chi connectivity index (χ0n) is 7.53. The summed E-state index contributed by atoms with van der Waals surface area (Å²) in [5.41, 5.74) is 0.673. The van der Waals surface area contributed by atoms with Crippen molar-refractivity contribution in [3.63, 3.8) is 0 Å². The topological polar surface area (TPSA) is 57.5 Å². The van der Waals surface area contributed by atoms with Crippen LogP contribution >= 0.6 is 0 Å². The van der Waals surface area contributed by atoms with Gasteiger partial charge in [-0.15, -0.1) is 0 Å². The number of hydrogen-bond donors (Lipinski definition) is 2. The van der Waals surface area contributed by atoms with Gasteiger partial charge in [-0.25, -0.2) is 4.79 Å². The molecule has 0 saturated heterocycles. The molecule has 0 aromatic heterocycles. The first-order valence-electron chi connectivity index (χ1n) is 4.17. The summed E-state index contributed by atoms with van der Waals surface area (Å²) in [7, 11) is 0. The van der Waals surface area contributed by atoms with Gasteiger partial charge in [0, 0.05) is 12.0 Å². The second-order valence-electron chi connectivity index (χ2n) is 2.63. The fraction of sp³-hybridized carbons (Fsp3) is 0.182. The highest BCUT2D eigenvalue weighted by atomic mass is 16.4. The molecule has 0 saturated carbocycles. The van der Waals surface area contributed by atoms with Gasteiger partial charge in [-0.05, 0) is 12.1 Å². The first-order chi connectivity index (χ1) is 6.75. The molecule has 0 radical (unpaired) electrons. The van der Waals surface area contributed by atoms with Crippen LogP contribution in [0.3, 0.4) is 0 Å². The molecule has 0 atom stereocenters. The van der Waals surface area contributed by atoms with Gasteiger partial charge in [0.1, 0.15) is 0 Å². The number of aliphatic hydroxyl groups excluding tert-OH is 1. The molecule has 0 unspecified atom stereocenters. The van der Waals surface area contributed by atoms with Crippen molar-refractivity contribution in [2.75, 3.05) is 6.61 Å². The molecule has 14 heavy (non-hydrogen) atoms. The number of benzene rings is 1. The Hall–Kier alpha value is -1.79. The molecule has 72 valence electrons. The van der Waals surface area contributed by atoms with Crippen LogP contribution in [-0.2, 0) is 0 Å². The van der Waals surface area contributed by atoms with Gasteiger partial charge in [0.25, 0.3) is 0 Å². The van der Waals surface area contributed by atoms with E-state index in [2.05, 4.69) is 11.8 Å². The van der Waals surface area contributed by atoms with E-state index in [0.717, 1.165) is 0 Å². The molecular weight excluding hydrogens is 180 g/mol. The third kappa shape index (κ3) is 2.61. The summed E-state index contributed by atoms with van der Waals surface area (Å²) in [5, 5.41) is 17.3. The third-order valence-electron chi connectivity index (χ3n) is 1.62. The Morgan fingerprint density at radius 2 is 2.07 bits per heavy atom. The van der Waals surface area contributed by atoms with E-state index in [-0.39, 0.29) is 12.2 Å². The van der Waals surface area contributed by atoms with Crippen molar-refractivity contribution in [3.05, 3.63) is 35.4 Å². The minimum Gasteiger partial charge on any atom is -0.478 e. The highest BCUT2D eigenvalue weighted by molar-refractivity contribution is 5.90. The minimum absolute atomic E-state index is 0.0117. The molecule has 0 bridgehead atoms. The maximum absolute atomic E-state index is 10.7. The lowest BCUT2D eigenvalue weighted by Crippen LogP contribution is -1.99. The van der Waals surface area contributed by atoms with Crippen LogP contribution in [0.15, 0.2) is 24.3 Å². The fourth-order valence-corrected chi connectivity index (χ4v) is 0.992. The van der Waals surface area contributed by atoms with E-state index in [1.165, 1.54) is 6.07 Å². The van der Waals surface area contributed by atoms with Crippen molar-refractivity contribution in [1.29, 1.82) is 0 Å². The molecule has 2 N–H and O–H groups in total. The summed E-state index contributed by atoms with van der Waals surface area (Å²) in [6.45, 7) is -0.0117. The zero-order valence-corrected chi connectivity index (χ0v) is 7.53. The van der Waals surface area contributed by atoms with E-state index in [9.17, 15) is 4.79 Å². The van der Waals surface area contributed by atoms with Crippen molar-refractivity contribution in [2.24, 2.45) is 0 Å². The molecule has 1 aromatic rings. The van der Waals surface area contributed by atoms with Crippen LogP contribution in [0.2, 0.25) is 0 Å². The Morgan fingerprint density at radius 1 is 1.36 bits per heavy atom. The number of aromatic carboxylic acids is 1. The minimum atomic E-state index is -0.987. The molecular formula is C11H10O3. The van der Waals surface area contributed by atoms with Gasteiger partial charge in [-0.2, -0.15) is 0 Å². The van der Waals surface area contributed by atoms with Crippen molar-refractivity contribution in [2.45, 2.75) is 6.42 Å². The maximum Gasteiger partial charge on any atom is 0.336 e. The summed E-state index contributed by atoms with van der Waals surface area (Å²) in [6, 6.07) is 6.54. The SMILES string of the molecule is O=C(O)c1ccccc1C#CCCO. The van der Waals surface area contributed by atoms with Crippen LogP contribution in [0.5, 0.6) is 0 Å². The summed E-state index contributed by atoms with van der Waals surface area (Å²) >= 11 is 0. The predicted octanol–water partition coefficient (Wildman–Crippen LogP) is 1.12. The monoisotopic (exact) mass is 190 g/mol. The molecule has 0 spiro atoms. The number of carboxylic acids is 1. The van der Waals surface area contributed by atoms with Crippen LogP contribution in [-0.4, -0.2) is 22.8 Å². The number of carbonyl (C=O) groups is 1. The van der Waals surface area contributed by atoms with Crippen LogP contribution in [0, 0.1) is 11.8 Å². The van der Waals surface area contributed by atoms with E-state index >= 15 is 0 Å². The van der Waals surface area contributed by atoms with Crippen molar-refractivity contribution in [1.82, 2.24) is 0 Å². The lowest BCUT2D eigenvalue weighted by atomic mass is 10.1. The molecule has 0 aliphatic heterocycles. The Labute approximate surface area is 82.0 Å². The Morgan fingerprint density at radius 3 is 2.71 bits per heavy atom. The van der Waals surface area contributed by atoms with E-state index in [0.29, 0.717) is 12.0 Å². The van der Waals surface area contributed by atoms with E-state index in [4.69, 9.17) is 10.2 Å². The van der Waals surface area contributed by atoms with Crippen LogP contribution in [0.4, 0.5) is 0 Å². The summed E-state index contributed by atoms with van der Waals surface area (Å²) in [4.78, 5) is 10.7. The van der Waals surface area contributed by atoms with Crippen molar-refractivity contribution < 1.29 is 15.0 Å². The number of carboxylic acid groups (broad SMARTS) is 1. The molecule has 1 rings (SSSR count). The smallest absolute Gasteiger partial charge is 0.336 e. The van der Waals surface area contributed by atoms with E-state index < -0.39 is 5.97 Å². The lowest BCUT2D eigenvalue weighted by Gasteiger charge is -1.96. The molecule has 0 aliphatic carbocycles. The average molecular weight is 190 g/mol. The van der Waals surface area contributed by atoms with E-state index in [1.807, 2.05) is 0 Å². The number of aliphatic hydroxyl groups is 1. The summed E-state index contributed by atoms with van der Waals surface area (Å²) < 4.78 is 0. The highest BCUT2D eigenvalue weighted by Crippen LogP contribution is 2.06. The third-order valence-corrected chi connectivity index (χ3v) is 1.62. The van der Waals surface area contributed by atoms with Gasteiger partial charge in [-0.1, -0.05) is 24.0 Å². The maximum atomic E-state index is 10.7. The van der Waals surface area contributed by atoms with Crippen LogP contribution < -0.4 is 0 Å². The molecule has 3 heteroatoms. The second-order valence-corrected chi connectivity index (χ2v) is 2.63. The van der Waals surface area contributed by atoms with Gasteiger partial charge in [0.2, 0.25) is 0 Å². The lowest BCUT2D eigenvalue weighted by molar-refractivity contribution is 0.0696. The Kier molecular flexibility index (Phi) is 3.71. The molecule has 0 heterocycles. The average Bonchev–Trinajstić information content (AvgIpc) is 2.19. The first kappa shape index (κ1) is 10.3. The second kappa shape index (κ2) is 5.05. The van der Waals surface area contributed by atoms with Crippen LogP contribution in [0.1, 0.15) is 22.3 Å². The standard InChI is InChI=1S/C11H10O3/c12-8-4-3-6-9-5-1-2-7-10(9)11(13)14/h1-2,5,7,12H,4,8H2,(H,13,14). The first-order valence-corrected chi connectivity index (χ1v) is 4.17. The number of rotatable bonds is 2. The van der Waals surface area contributed by atoms with E-state index in [1.54, 1.807) is 18.2 Å². The van der Waals surface area contributed by atoms with Gasteiger partial charge in [0.05, 0.1) is 12.2 Å². The van der Waals surface area contributed by atoms with Gasteiger partial charge >= 0.3 is 5.97 Å². The fourth-order valence-electron chi connectivity index (χ4n) is 0.992. The molecule has 0 amide bonds. The van der Waals surface area contributed by atoms with Gasteiger partial charge in [0.15, 0.2) is 0 Å². The molecule has 0 aliphatic rings. The summed E-state index contributed by atoms with van der Waals surface area (Å²) in [5.74, 6) is 4.40. The zero-order chi connectivity index (χ0) is 10.4. The largest absolute Gasteiger partial charge is 0.478 e. The molecule has 0 fully saturated rings. The van der Waals surface area contributed by atoms with Gasteiger partial charge in [-0.3, -0.25) is 0 Å². The molecule has 1 aromatic carbocycles. The Balaban J connectivity index is 2.97. The summed E-state index contributed by atoms with van der Waals surface area (Å²) in [6.07, 6.45) is 0.355. The van der Waals surface area contributed by atoms with Gasteiger partial charge < -0.3 is 10.2 Å². The quantitative estimate of drug-likeness (QED) is 0.687. The predicted molar refractivity (Wildman–Crippen MR) is 52.0 cm³/mol. The normalized spacial score (nSPS) is 8.93. The molecule has 3 nitrogen and oxygen atoms in total. The highest BCUT2D eigenvalue weighted by Gasteiger charge is 2.05. The van der Waals surface area contributed by atoms with Crippen molar-refractivity contribution in [3.8, 4) is 11.8 Å².